The molecule has 2 aromatic heterocycles. The van der Waals surface area contributed by atoms with E-state index in [1.165, 1.54) is 0 Å². The van der Waals surface area contributed by atoms with Crippen LogP contribution in [0.1, 0.15) is 12.7 Å². The van der Waals surface area contributed by atoms with Gasteiger partial charge in [-0.3, -0.25) is 0 Å². The Labute approximate surface area is 110 Å². The van der Waals surface area contributed by atoms with Crippen molar-refractivity contribution in [2.45, 2.75) is 19.4 Å². The van der Waals surface area contributed by atoms with E-state index in [1.54, 1.807) is 23.2 Å². The number of hydrogen-bond donors (Lipinski definition) is 2. The number of aromatic nitrogens is 4. The van der Waals surface area contributed by atoms with Crippen LogP contribution in [0.25, 0.3) is 5.65 Å². The van der Waals surface area contributed by atoms with E-state index in [2.05, 4.69) is 20.6 Å². The van der Waals surface area contributed by atoms with Gasteiger partial charge in [0, 0.05) is 12.3 Å². The number of hydrogen-bond acceptors (Lipinski definition) is 6. The minimum absolute atomic E-state index is 0.452. The van der Waals surface area contributed by atoms with Crippen molar-refractivity contribution >= 4 is 23.2 Å². The molecular formula is C11H17N5OS. The molecule has 98 valence electrons. The number of rotatable bonds is 5. The smallest absolute Gasteiger partial charge is 0.178 e. The van der Waals surface area contributed by atoms with Gasteiger partial charge in [0.25, 0.3) is 0 Å². The Morgan fingerprint density at radius 2 is 2.22 bits per heavy atom. The molecule has 2 rings (SSSR count). The molecule has 0 amide bonds. The second-order valence-corrected chi connectivity index (χ2v) is 5.39. The van der Waals surface area contributed by atoms with Crippen LogP contribution in [0.2, 0.25) is 0 Å². The topological polar surface area (TPSA) is 75.3 Å². The van der Waals surface area contributed by atoms with Crippen LogP contribution in [0.3, 0.4) is 0 Å². The second-order valence-electron chi connectivity index (χ2n) is 4.52. The fourth-order valence-corrected chi connectivity index (χ4v) is 2.36. The van der Waals surface area contributed by atoms with Crippen molar-refractivity contribution < 1.29 is 5.11 Å². The van der Waals surface area contributed by atoms with Gasteiger partial charge in [0.15, 0.2) is 11.5 Å². The van der Waals surface area contributed by atoms with Crippen LogP contribution in [-0.4, -0.2) is 49.1 Å². The lowest BCUT2D eigenvalue weighted by Crippen LogP contribution is -2.36. The van der Waals surface area contributed by atoms with Crippen LogP contribution in [0.5, 0.6) is 0 Å². The Morgan fingerprint density at radius 3 is 2.94 bits per heavy atom. The Balaban J connectivity index is 2.10. The van der Waals surface area contributed by atoms with Crippen LogP contribution >= 0.6 is 11.8 Å². The van der Waals surface area contributed by atoms with E-state index in [4.69, 9.17) is 0 Å². The van der Waals surface area contributed by atoms with Crippen molar-refractivity contribution in [3.05, 3.63) is 18.0 Å². The Kier molecular flexibility index (Phi) is 3.72. The summed E-state index contributed by atoms with van der Waals surface area (Å²) in [5.41, 5.74) is -0.0351. The van der Waals surface area contributed by atoms with Gasteiger partial charge in [0.1, 0.15) is 5.82 Å². The van der Waals surface area contributed by atoms with Gasteiger partial charge in [0.2, 0.25) is 0 Å². The molecule has 0 aromatic carbocycles. The summed E-state index contributed by atoms with van der Waals surface area (Å²) in [7, 11) is 0. The maximum absolute atomic E-state index is 10.1. The lowest BCUT2D eigenvalue weighted by atomic mass is 10.1. The van der Waals surface area contributed by atoms with E-state index in [1.807, 2.05) is 25.3 Å². The molecule has 6 nitrogen and oxygen atoms in total. The minimum Gasteiger partial charge on any atom is -0.387 e. The predicted octanol–water partition coefficient (Wildman–Crippen LogP) is 0.959. The van der Waals surface area contributed by atoms with Crippen LogP contribution < -0.4 is 5.32 Å². The lowest BCUT2D eigenvalue weighted by molar-refractivity contribution is 0.0996. The monoisotopic (exact) mass is 267 g/mol. The highest BCUT2D eigenvalue weighted by Gasteiger charge is 2.19. The van der Waals surface area contributed by atoms with E-state index in [-0.39, 0.29) is 0 Å². The normalized spacial score (nSPS) is 14.7. The van der Waals surface area contributed by atoms with Crippen molar-refractivity contribution in [3.63, 3.8) is 0 Å². The third-order valence-electron chi connectivity index (χ3n) is 2.52. The molecule has 2 N–H and O–H groups in total. The summed E-state index contributed by atoms with van der Waals surface area (Å²) in [5.74, 6) is 2.12. The van der Waals surface area contributed by atoms with Crippen LogP contribution in [0, 0.1) is 6.92 Å². The Hall–Kier alpha value is -1.34. The van der Waals surface area contributed by atoms with E-state index in [0.29, 0.717) is 23.8 Å². The van der Waals surface area contributed by atoms with E-state index in [0.717, 1.165) is 5.82 Å². The van der Waals surface area contributed by atoms with Crippen molar-refractivity contribution in [2.24, 2.45) is 0 Å². The first kappa shape index (κ1) is 13.1. The fourth-order valence-electron chi connectivity index (χ4n) is 1.63. The van der Waals surface area contributed by atoms with Gasteiger partial charge in [-0.2, -0.15) is 16.3 Å². The summed E-state index contributed by atoms with van der Waals surface area (Å²) < 4.78 is 1.67. The van der Waals surface area contributed by atoms with E-state index < -0.39 is 5.60 Å². The molecule has 7 heteroatoms. The molecule has 2 heterocycles. The van der Waals surface area contributed by atoms with Gasteiger partial charge in [-0.1, -0.05) is 0 Å². The van der Waals surface area contributed by atoms with Crippen LogP contribution in [-0.2, 0) is 0 Å². The van der Waals surface area contributed by atoms with Crippen LogP contribution in [0.4, 0.5) is 5.82 Å². The van der Waals surface area contributed by atoms with Crippen molar-refractivity contribution in [3.8, 4) is 0 Å². The Morgan fingerprint density at radius 1 is 1.44 bits per heavy atom. The molecule has 0 fully saturated rings. The molecule has 0 spiro atoms. The highest BCUT2D eigenvalue weighted by Crippen LogP contribution is 2.12. The molecule has 0 unspecified atom stereocenters. The molecular weight excluding hydrogens is 250 g/mol. The number of aliphatic hydroxyl groups is 1. The average Bonchev–Trinajstić information content (AvgIpc) is 2.69. The third-order valence-corrected chi connectivity index (χ3v) is 3.43. The molecule has 0 radical (unpaired) electrons. The first-order chi connectivity index (χ1) is 8.52. The molecule has 0 aliphatic carbocycles. The zero-order valence-electron chi connectivity index (χ0n) is 10.7. The largest absolute Gasteiger partial charge is 0.387 e. The molecule has 2 aromatic rings. The van der Waals surface area contributed by atoms with Gasteiger partial charge in [-0.15, -0.1) is 15.3 Å². The molecule has 0 saturated heterocycles. The zero-order chi connectivity index (χ0) is 13.2. The molecule has 0 aliphatic rings. The van der Waals surface area contributed by atoms with Gasteiger partial charge in [-0.25, -0.2) is 0 Å². The number of fused-ring (bicyclic) bond motifs is 1. The van der Waals surface area contributed by atoms with Crippen molar-refractivity contribution in [2.75, 3.05) is 23.9 Å². The zero-order valence-corrected chi connectivity index (χ0v) is 11.5. The van der Waals surface area contributed by atoms with Crippen molar-refractivity contribution in [1.29, 1.82) is 0 Å². The highest BCUT2D eigenvalue weighted by atomic mass is 32.2. The quantitative estimate of drug-likeness (QED) is 0.840. The average molecular weight is 267 g/mol. The summed E-state index contributed by atoms with van der Waals surface area (Å²) in [5, 5.41) is 25.5. The molecule has 1 atom stereocenters. The second kappa shape index (κ2) is 5.11. The minimum atomic E-state index is -0.752. The molecule has 0 bridgehead atoms. The number of nitrogens with zero attached hydrogens (tertiary/aromatic N) is 4. The van der Waals surface area contributed by atoms with Crippen molar-refractivity contribution in [1.82, 2.24) is 19.8 Å². The SMILES string of the molecule is CSC[C@@](C)(O)CNc1ccc2nnc(C)n2n1. The predicted molar refractivity (Wildman–Crippen MR) is 73.0 cm³/mol. The number of anilines is 1. The first-order valence-electron chi connectivity index (χ1n) is 5.66. The van der Waals surface area contributed by atoms with Gasteiger partial charge in [0.05, 0.1) is 5.60 Å². The molecule has 0 saturated carbocycles. The van der Waals surface area contributed by atoms with E-state index >= 15 is 0 Å². The van der Waals surface area contributed by atoms with Crippen LogP contribution in [0.15, 0.2) is 12.1 Å². The number of thioether (sulfide) groups is 1. The third kappa shape index (κ3) is 2.91. The standard InChI is InChI=1S/C11H17N5OS/c1-8-13-14-10-5-4-9(15-16(8)10)12-6-11(2,17)7-18-3/h4-5,17H,6-7H2,1-3H3,(H,12,15)/t11-/m0/s1. The molecule has 0 aliphatic heterocycles. The lowest BCUT2D eigenvalue weighted by Gasteiger charge is -2.22. The number of nitrogens with one attached hydrogen (secondary N) is 1. The number of aryl methyl sites for hydroxylation is 1. The van der Waals surface area contributed by atoms with Gasteiger partial charge >= 0.3 is 0 Å². The summed E-state index contributed by atoms with van der Waals surface area (Å²) in [4.78, 5) is 0. The first-order valence-corrected chi connectivity index (χ1v) is 7.05. The van der Waals surface area contributed by atoms with Gasteiger partial charge < -0.3 is 10.4 Å². The Bertz CT molecular complexity index is 539. The summed E-state index contributed by atoms with van der Waals surface area (Å²) in [6.45, 7) is 4.10. The maximum atomic E-state index is 10.1. The fraction of sp³-hybridized carbons (Fsp3) is 0.545. The van der Waals surface area contributed by atoms with E-state index in [9.17, 15) is 5.11 Å². The highest BCUT2D eigenvalue weighted by molar-refractivity contribution is 7.98. The van der Waals surface area contributed by atoms with Gasteiger partial charge in [-0.05, 0) is 32.2 Å². The molecule has 18 heavy (non-hydrogen) atoms. The summed E-state index contributed by atoms with van der Waals surface area (Å²) >= 11 is 1.61. The summed E-state index contributed by atoms with van der Waals surface area (Å²) in [6, 6.07) is 3.68. The maximum Gasteiger partial charge on any atom is 0.178 e. The summed E-state index contributed by atoms with van der Waals surface area (Å²) in [6.07, 6.45) is 1.97.